The lowest BCUT2D eigenvalue weighted by Crippen LogP contribution is -2.42. The van der Waals surface area contributed by atoms with Crippen LogP contribution in [0.5, 0.6) is 0 Å². The maximum atomic E-state index is 6.19. The van der Waals surface area contributed by atoms with Crippen LogP contribution in [0, 0.1) is 5.92 Å². The van der Waals surface area contributed by atoms with Gasteiger partial charge in [0.2, 0.25) is 0 Å². The van der Waals surface area contributed by atoms with Gasteiger partial charge in [-0.2, -0.15) is 0 Å². The van der Waals surface area contributed by atoms with Crippen molar-refractivity contribution in [1.29, 1.82) is 0 Å². The van der Waals surface area contributed by atoms with Crippen molar-refractivity contribution in [1.82, 2.24) is 10.3 Å². The molecule has 1 aromatic carbocycles. The number of aromatic nitrogens is 1. The molecule has 1 N–H and O–H groups in total. The molecule has 3 nitrogen and oxygen atoms in total. The standard InChI is InChI=1S/C18H22N2O/c1-2-4-15(5-3-1)12-17-13-20-11-8-18(17)21-14-16-6-9-19-10-7-16/h1-7,9-10,17-18,20H,8,11-14H2/t17-,18-/m1/s1. The molecule has 0 saturated carbocycles. The normalized spacial score (nSPS) is 22.1. The quantitative estimate of drug-likeness (QED) is 0.915. The summed E-state index contributed by atoms with van der Waals surface area (Å²) in [5.41, 5.74) is 2.59. The molecule has 1 aromatic heterocycles. The summed E-state index contributed by atoms with van der Waals surface area (Å²) in [5.74, 6) is 0.544. The van der Waals surface area contributed by atoms with Gasteiger partial charge in [0, 0.05) is 24.9 Å². The molecule has 2 heterocycles. The van der Waals surface area contributed by atoms with Crippen molar-refractivity contribution < 1.29 is 4.74 Å². The Morgan fingerprint density at radius 1 is 1.05 bits per heavy atom. The third kappa shape index (κ3) is 4.13. The van der Waals surface area contributed by atoms with Crippen molar-refractivity contribution in [3.63, 3.8) is 0 Å². The largest absolute Gasteiger partial charge is 0.373 e. The molecule has 3 rings (SSSR count). The second-order valence-corrected chi connectivity index (χ2v) is 5.65. The van der Waals surface area contributed by atoms with Gasteiger partial charge >= 0.3 is 0 Å². The predicted octanol–water partition coefficient (Wildman–Crippen LogP) is 2.82. The van der Waals surface area contributed by atoms with E-state index in [9.17, 15) is 0 Å². The van der Waals surface area contributed by atoms with Crippen LogP contribution in [0.1, 0.15) is 17.5 Å². The van der Waals surface area contributed by atoms with Gasteiger partial charge in [0.15, 0.2) is 0 Å². The van der Waals surface area contributed by atoms with Crippen molar-refractivity contribution in [2.45, 2.75) is 25.6 Å². The number of rotatable bonds is 5. The van der Waals surface area contributed by atoms with Crippen LogP contribution in [-0.4, -0.2) is 24.2 Å². The van der Waals surface area contributed by atoms with E-state index in [-0.39, 0.29) is 0 Å². The molecule has 3 heteroatoms. The van der Waals surface area contributed by atoms with Crippen molar-refractivity contribution in [3.8, 4) is 0 Å². The minimum atomic E-state index is 0.333. The fourth-order valence-corrected chi connectivity index (χ4v) is 2.92. The lowest BCUT2D eigenvalue weighted by atomic mass is 9.89. The molecule has 2 atom stereocenters. The maximum absolute atomic E-state index is 6.19. The number of hydrogen-bond donors (Lipinski definition) is 1. The highest BCUT2D eigenvalue weighted by atomic mass is 16.5. The summed E-state index contributed by atoms with van der Waals surface area (Å²) in [4.78, 5) is 4.05. The summed E-state index contributed by atoms with van der Waals surface area (Å²) in [6, 6.07) is 14.7. The Morgan fingerprint density at radius 3 is 2.67 bits per heavy atom. The lowest BCUT2D eigenvalue weighted by Gasteiger charge is -2.32. The third-order valence-corrected chi connectivity index (χ3v) is 4.09. The maximum Gasteiger partial charge on any atom is 0.0721 e. The Bertz CT molecular complexity index is 529. The van der Waals surface area contributed by atoms with Crippen LogP contribution < -0.4 is 5.32 Å². The summed E-state index contributed by atoms with van der Waals surface area (Å²) in [6.07, 6.45) is 6.14. The second-order valence-electron chi connectivity index (χ2n) is 5.65. The molecule has 0 bridgehead atoms. The van der Waals surface area contributed by atoms with Crippen molar-refractivity contribution in [2.24, 2.45) is 5.92 Å². The monoisotopic (exact) mass is 282 g/mol. The summed E-state index contributed by atoms with van der Waals surface area (Å²) >= 11 is 0. The first-order valence-electron chi connectivity index (χ1n) is 7.67. The van der Waals surface area contributed by atoms with Gasteiger partial charge in [-0.15, -0.1) is 0 Å². The van der Waals surface area contributed by atoms with Crippen molar-refractivity contribution in [3.05, 3.63) is 66.0 Å². The van der Waals surface area contributed by atoms with E-state index in [4.69, 9.17) is 4.74 Å². The van der Waals surface area contributed by atoms with Crippen LogP contribution in [0.25, 0.3) is 0 Å². The van der Waals surface area contributed by atoms with Gasteiger partial charge in [-0.3, -0.25) is 4.98 Å². The Hall–Kier alpha value is -1.71. The van der Waals surface area contributed by atoms with Crippen molar-refractivity contribution in [2.75, 3.05) is 13.1 Å². The molecular formula is C18H22N2O. The fourth-order valence-electron chi connectivity index (χ4n) is 2.92. The van der Waals surface area contributed by atoms with Crippen LogP contribution in [0.3, 0.4) is 0 Å². The molecule has 0 radical (unpaired) electrons. The van der Waals surface area contributed by atoms with Crippen LogP contribution in [-0.2, 0) is 17.8 Å². The minimum Gasteiger partial charge on any atom is -0.373 e. The van der Waals surface area contributed by atoms with Crippen molar-refractivity contribution >= 4 is 0 Å². The Morgan fingerprint density at radius 2 is 1.86 bits per heavy atom. The van der Waals surface area contributed by atoms with Crippen LogP contribution >= 0.6 is 0 Å². The minimum absolute atomic E-state index is 0.333. The SMILES string of the molecule is c1ccc(C[C@@H]2CNCC[C@H]2OCc2ccncc2)cc1. The first-order valence-corrected chi connectivity index (χ1v) is 7.67. The predicted molar refractivity (Wildman–Crippen MR) is 83.9 cm³/mol. The Balaban J connectivity index is 1.59. The topological polar surface area (TPSA) is 34.1 Å². The number of hydrogen-bond acceptors (Lipinski definition) is 3. The van der Waals surface area contributed by atoms with Gasteiger partial charge in [0.25, 0.3) is 0 Å². The smallest absolute Gasteiger partial charge is 0.0721 e. The van der Waals surface area contributed by atoms with E-state index >= 15 is 0 Å². The average Bonchev–Trinajstić information content (AvgIpc) is 2.56. The van der Waals surface area contributed by atoms with Crippen LogP contribution in [0.2, 0.25) is 0 Å². The number of piperidine rings is 1. The summed E-state index contributed by atoms with van der Waals surface area (Å²) in [7, 11) is 0. The molecule has 110 valence electrons. The highest BCUT2D eigenvalue weighted by molar-refractivity contribution is 5.16. The van der Waals surface area contributed by atoms with Gasteiger partial charge in [-0.1, -0.05) is 30.3 Å². The molecule has 1 saturated heterocycles. The number of nitrogens with zero attached hydrogens (tertiary/aromatic N) is 1. The molecule has 0 unspecified atom stereocenters. The van der Waals surface area contributed by atoms with E-state index in [2.05, 4.69) is 40.6 Å². The first kappa shape index (κ1) is 14.2. The number of nitrogens with one attached hydrogen (secondary N) is 1. The van der Waals surface area contributed by atoms with E-state index in [1.165, 1.54) is 11.1 Å². The summed E-state index contributed by atoms with van der Waals surface area (Å²) in [5, 5.41) is 3.49. The molecule has 21 heavy (non-hydrogen) atoms. The van der Waals surface area contributed by atoms with Gasteiger partial charge in [-0.25, -0.2) is 0 Å². The number of ether oxygens (including phenoxy) is 1. The lowest BCUT2D eigenvalue weighted by molar-refractivity contribution is -0.0151. The Labute approximate surface area is 126 Å². The molecule has 1 aliphatic rings. The van der Waals surface area contributed by atoms with Crippen LogP contribution in [0.4, 0.5) is 0 Å². The molecular weight excluding hydrogens is 260 g/mol. The zero-order valence-corrected chi connectivity index (χ0v) is 12.2. The summed E-state index contributed by atoms with van der Waals surface area (Å²) < 4.78 is 6.19. The molecule has 0 spiro atoms. The highest BCUT2D eigenvalue weighted by Gasteiger charge is 2.25. The fraction of sp³-hybridized carbons (Fsp3) is 0.389. The van der Waals surface area contributed by atoms with Gasteiger partial charge in [0.1, 0.15) is 0 Å². The summed E-state index contributed by atoms with van der Waals surface area (Å²) in [6.45, 7) is 2.76. The van der Waals surface area contributed by atoms with Crippen LogP contribution in [0.15, 0.2) is 54.9 Å². The molecule has 1 aliphatic heterocycles. The van der Waals surface area contributed by atoms with Gasteiger partial charge in [0.05, 0.1) is 12.7 Å². The Kier molecular flexibility index (Phi) is 4.98. The first-order chi connectivity index (χ1) is 10.4. The zero-order chi connectivity index (χ0) is 14.3. The van der Waals surface area contributed by atoms with E-state index < -0.39 is 0 Å². The third-order valence-electron chi connectivity index (χ3n) is 4.09. The number of benzene rings is 1. The highest BCUT2D eigenvalue weighted by Crippen LogP contribution is 2.21. The van der Waals surface area contributed by atoms with E-state index in [1.807, 2.05) is 24.5 Å². The molecule has 2 aromatic rings. The molecule has 0 aliphatic carbocycles. The van der Waals surface area contributed by atoms with Gasteiger partial charge in [-0.05, 0) is 42.6 Å². The van der Waals surface area contributed by atoms with Gasteiger partial charge < -0.3 is 10.1 Å². The van der Waals surface area contributed by atoms with E-state index in [0.717, 1.165) is 25.9 Å². The van der Waals surface area contributed by atoms with E-state index in [1.54, 1.807) is 0 Å². The number of pyridine rings is 1. The molecule has 1 fully saturated rings. The molecule has 0 amide bonds. The van der Waals surface area contributed by atoms with E-state index in [0.29, 0.717) is 18.6 Å². The zero-order valence-electron chi connectivity index (χ0n) is 12.2. The second kappa shape index (κ2) is 7.34. The average molecular weight is 282 g/mol.